The number of fused-ring (bicyclic) bond motifs is 2. The lowest BCUT2D eigenvalue weighted by atomic mass is 10.0. The number of nitrogens with one attached hydrogen (secondary N) is 3. The van der Waals surface area contributed by atoms with E-state index in [9.17, 15) is 4.79 Å². The molecular formula is C27H22N6OS. The monoisotopic (exact) mass is 478 g/mol. The highest BCUT2D eigenvalue weighted by atomic mass is 32.1. The van der Waals surface area contributed by atoms with Crippen molar-refractivity contribution in [2.45, 2.75) is 19.8 Å². The van der Waals surface area contributed by atoms with Crippen LogP contribution in [0.5, 0.6) is 0 Å². The molecule has 0 aliphatic carbocycles. The van der Waals surface area contributed by atoms with Crippen molar-refractivity contribution in [3.63, 3.8) is 0 Å². The molecule has 0 saturated heterocycles. The zero-order valence-electron chi connectivity index (χ0n) is 19.0. The second-order valence-electron chi connectivity index (χ2n) is 8.41. The number of thiophene rings is 1. The van der Waals surface area contributed by atoms with Crippen molar-refractivity contribution >= 4 is 44.7 Å². The summed E-state index contributed by atoms with van der Waals surface area (Å²) >= 11 is 1.66. The van der Waals surface area contributed by atoms with Crippen molar-refractivity contribution in [3.05, 3.63) is 71.8 Å². The van der Waals surface area contributed by atoms with Gasteiger partial charge in [0.1, 0.15) is 5.69 Å². The molecular weight excluding hydrogens is 456 g/mol. The number of carbonyl (C=O) groups excluding carboxylic acids is 1. The van der Waals surface area contributed by atoms with Crippen LogP contribution >= 0.6 is 11.3 Å². The Morgan fingerprint density at radius 3 is 2.74 bits per heavy atom. The van der Waals surface area contributed by atoms with Crippen LogP contribution in [0.15, 0.2) is 71.8 Å². The first-order valence-electron chi connectivity index (χ1n) is 11.4. The zero-order valence-corrected chi connectivity index (χ0v) is 19.8. The Morgan fingerprint density at radius 1 is 0.971 bits per heavy atom. The molecule has 5 heterocycles. The Balaban J connectivity index is 1.40. The number of hydrogen-bond acceptors (Lipinski definition) is 5. The molecule has 35 heavy (non-hydrogen) atoms. The summed E-state index contributed by atoms with van der Waals surface area (Å²) in [5.41, 5.74) is 8.41. The predicted molar refractivity (Wildman–Crippen MR) is 141 cm³/mol. The van der Waals surface area contributed by atoms with Gasteiger partial charge in [-0.15, -0.1) is 0 Å². The predicted octanol–water partition coefficient (Wildman–Crippen LogP) is 6.64. The average molecular weight is 479 g/mol. The van der Waals surface area contributed by atoms with Gasteiger partial charge in [-0.2, -0.15) is 16.4 Å². The van der Waals surface area contributed by atoms with Gasteiger partial charge < -0.3 is 10.3 Å². The molecule has 0 aliphatic heterocycles. The van der Waals surface area contributed by atoms with Crippen LogP contribution in [0.25, 0.3) is 55.6 Å². The van der Waals surface area contributed by atoms with Gasteiger partial charge in [-0.3, -0.25) is 19.9 Å². The maximum Gasteiger partial charge on any atom is 0.224 e. The number of aromatic nitrogens is 5. The molecule has 172 valence electrons. The Kier molecular flexibility index (Phi) is 5.35. The van der Waals surface area contributed by atoms with Crippen LogP contribution in [0, 0.1) is 0 Å². The summed E-state index contributed by atoms with van der Waals surface area (Å²) in [6, 6.07) is 14.3. The van der Waals surface area contributed by atoms with Crippen molar-refractivity contribution in [2.75, 3.05) is 5.32 Å². The highest BCUT2D eigenvalue weighted by Gasteiger charge is 2.15. The smallest absolute Gasteiger partial charge is 0.224 e. The Labute approximate surface area is 205 Å². The third-order valence-corrected chi connectivity index (χ3v) is 6.68. The summed E-state index contributed by atoms with van der Waals surface area (Å²) in [5.74, 6) is -0.00542. The number of pyridine rings is 2. The topological polar surface area (TPSA) is 99.3 Å². The summed E-state index contributed by atoms with van der Waals surface area (Å²) in [6.07, 6.45) is 6.59. The molecule has 0 unspecified atom stereocenters. The quantitative estimate of drug-likeness (QED) is 0.250. The molecule has 0 bridgehead atoms. The third kappa shape index (κ3) is 3.98. The minimum Gasteiger partial charge on any atom is -0.353 e. The Bertz CT molecular complexity index is 1660. The SMILES string of the molecule is CCCC(=O)Nc1cncc(-c2ccc3[nH]nc(-c4cc5c(-c6ccsc6)nccc5[nH]4)c3c2)c1. The van der Waals surface area contributed by atoms with Gasteiger partial charge in [0.25, 0.3) is 0 Å². The van der Waals surface area contributed by atoms with Crippen molar-refractivity contribution in [3.8, 4) is 33.8 Å². The fourth-order valence-corrected chi connectivity index (χ4v) is 4.97. The molecule has 1 amide bonds. The highest BCUT2D eigenvalue weighted by Crippen LogP contribution is 2.35. The molecule has 0 saturated carbocycles. The molecule has 6 rings (SSSR count). The first-order chi connectivity index (χ1) is 17.2. The first kappa shape index (κ1) is 21.2. The number of carbonyl (C=O) groups is 1. The Morgan fingerprint density at radius 2 is 1.89 bits per heavy atom. The molecule has 8 heteroatoms. The number of anilines is 1. The van der Waals surface area contributed by atoms with Crippen LogP contribution in [-0.2, 0) is 4.79 Å². The molecule has 3 N–H and O–H groups in total. The average Bonchev–Trinajstić information content (AvgIpc) is 3.63. The lowest BCUT2D eigenvalue weighted by Crippen LogP contribution is -2.10. The minimum absolute atomic E-state index is 0.00542. The van der Waals surface area contributed by atoms with E-state index in [1.54, 1.807) is 23.7 Å². The van der Waals surface area contributed by atoms with E-state index in [0.29, 0.717) is 12.1 Å². The van der Waals surface area contributed by atoms with E-state index < -0.39 is 0 Å². The number of rotatable bonds is 6. The number of hydrogen-bond donors (Lipinski definition) is 3. The van der Waals surface area contributed by atoms with Gasteiger partial charge in [0, 0.05) is 51.6 Å². The largest absolute Gasteiger partial charge is 0.353 e. The standard InChI is InChI=1S/C27H22N6OS/c1-2-3-25(34)30-19-10-18(13-28-14-19)16-4-5-23-20(11-16)27(33-32-23)24-12-21-22(31-24)6-8-29-26(21)17-7-9-35-15-17/h4-15,31H,2-3H2,1H3,(H,30,34)(H,32,33). The van der Waals surface area contributed by atoms with Gasteiger partial charge in [-0.05, 0) is 53.8 Å². The fourth-order valence-electron chi connectivity index (χ4n) is 4.33. The maximum absolute atomic E-state index is 12.0. The van der Waals surface area contributed by atoms with Crippen LogP contribution < -0.4 is 5.32 Å². The van der Waals surface area contributed by atoms with Gasteiger partial charge in [0.05, 0.1) is 28.8 Å². The van der Waals surface area contributed by atoms with Crippen LogP contribution in [0.4, 0.5) is 5.69 Å². The number of nitrogens with zero attached hydrogens (tertiary/aromatic N) is 3. The van der Waals surface area contributed by atoms with E-state index in [1.165, 1.54) is 0 Å². The number of benzene rings is 1. The summed E-state index contributed by atoms with van der Waals surface area (Å²) in [5, 5.41) is 16.9. The van der Waals surface area contributed by atoms with E-state index in [2.05, 4.69) is 59.4 Å². The van der Waals surface area contributed by atoms with Crippen molar-refractivity contribution in [1.82, 2.24) is 25.1 Å². The van der Waals surface area contributed by atoms with Gasteiger partial charge in [0.15, 0.2) is 0 Å². The minimum atomic E-state index is -0.00542. The second kappa shape index (κ2) is 8.81. The third-order valence-electron chi connectivity index (χ3n) is 5.99. The molecule has 0 spiro atoms. The lowest BCUT2D eigenvalue weighted by molar-refractivity contribution is -0.116. The molecule has 0 aliphatic rings. The van der Waals surface area contributed by atoms with E-state index in [0.717, 1.165) is 62.0 Å². The molecule has 0 atom stereocenters. The highest BCUT2D eigenvalue weighted by molar-refractivity contribution is 7.08. The van der Waals surface area contributed by atoms with Gasteiger partial charge in [-0.25, -0.2) is 0 Å². The maximum atomic E-state index is 12.0. The van der Waals surface area contributed by atoms with Crippen molar-refractivity contribution < 1.29 is 4.79 Å². The van der Waals surface area contributed by atoms with E-state index in [-0.39, 0.29) is 5.91 Å². The number of aromatic amines is 2. The number of H-pyrrole nitrogens is 2. The van der Waals surface area contributed by atoms with E-state index in [4.69, 9.17) is 0 Å². The van der Waals surface area contributed by atoms with Gasteiger partial charge in [-0.1, -0.05) is 13.0 Å². The molecule has 7 nitrogen and oxygen atoms in total. The van der Waals surface area contributed by atoms with Crippen LogP contribution in [-0.4, -0.2) is 31.1 Å². The van der Waals surface area contributed by atoms with Gasteiger partial charge in [0.2, 0.25) is 5.91 Å². The summed E-state index contributed by atoms with van der Waals surface area (Å²) in [6.45, 7) is 1.98. The molecule has 6 aromatic rings. The van der Waals surface area contributed by atoms with Crippen LogP contribution in [0.3, 0.4) is 0 Å². The molecule has 5 aromatic heterocycles. The summed E-state index contributed by atoms with van der Waals surface area (Å²) in [4.78, 5) is 24.5. The van der Waals surface area contributed by atoms with E-state index in [1.807, 2.05) is 37.4 Å². The van der Waals surface area contributed by atoms with Crippen LogP contribution in [0.2, 0.25) is 0 Å². The van der Waals surface area contributed by atoms with Crippen molar-refractivity contribution in [2.24, 2.45) is 0 Å². The normalized spacial score (nSPS) is 11.3. The van der Waals surface area contributed by atoms with Gasteiger partial charge >= 0.3 is 0 Å². The first-order valence-corrected chi connectivity index (χ1v) is 12.4. The fraction of sp³-hybridized carbons (Fsp3) is 0.111. The second-order valence-corrected chi connectivity index (χ2v) is 9.19. The summed E-state index contributed by atoms with van der Waals surface area (Å²) < 4.78 is 0. The Hall–Kier alpha value is -4.30. The molecule has 0 radical (unpaired) electrons. The summed E-state index contributed by atoms with van der Waals surface area (Å²) in [7, 11) is 0. The zero-order chi connectivity index (χ0) is 23.8. The lowest BCUT2D eigenvalue weighted by Gasteiger charge is -2.07. The van der Waals surface area contributed by atoms with Crippen LogP contribution in [0.1, 0.15) is 19.8 Å². The van der Waals surface area contributed by atoms with E-state index >= 15 is 0 Å². The molecule has 1 aromatic carbocycles. The molecule has 0 fully saturated rings. The van der Waals surface area contributed by atoms with Crippen molar-refractivity contribution in [1.29, 1.82) is 0 Å². The number of amides is 1.